The summed E-state index contributed by atoms with van der Waals surface area (Å²) in [7, 11) is 1.62. The van der Waals surface area contributed by atoms with Crippen LogP contribution in [0.15, 0.2) is 12.1 Å². The maximum Gasteiger partial charge on any atom is 0.224 e. The van der Waals surface area contributed by atoms with Gasteiger partial charge in [-0.15, -0.1) is 0 Å². The molecule has 0 bridgehead atoms. The van der Waals surface area contributed by atoms with E-state index in [0.29, 0.717) is 19.4 Å². The fourth-order valence-electron chi connectivity index (χ4n) is 2.01. The van der Waals surface area contributed by atoms with Crippen molar-refractivity contribution in [3.05, 3.63) is 28.8 Å². The van der Waals surface area contributed by atoms with Crippen molar-refractivity contribution in [3.63, 3.8) is 0 Å². The summed E-state index contributed by atoms with van der Waals surface area (Å²) < 4.78 is 5.34. The van der Waals surface area contributed by atoms with Gasteiger partial charge in [0.25, 0.3) is 0 Å². The molecule has 2 N–H and O–H groups in total. The minimum atomic E-state index is -0.0493. The number of ether oxygens (including phenoxy) is 1. The van der Waals surface area contributed by atoms with E-state index >= 15 is 0 Å². The molecular weight excluding hydrogens is 230 g/mol. The number of amides is 1. The van der Waals surface area contributed by atoms with E-state index in [2.05, 4.69) is 5.32 Å². The SMILES string of the molecule is COc1c(C)cc(C)cc1CC(=O)NCCCO. The highest BCUT2D eigenvalue weighted by molar-refractivity contribution is 5.79. The summed E-state index contributed by atoms with van der Waals surface area (Å²) in [5, 5.41) is 11.4. The van der Waals surface area contributed by atoms with Crippen molar-refractivity contribution in [2.75, 3.05) is 20.3 Å². The first kappa shape index (κ1) is 14.5. The van der Waals surface area contributed by atoms with Crippen LogP contribution in [0.5, 0.6) is 5.75 Å². The van der Waals surface area contributed by atoms with Crippen LogP contribution in [0, 0.1) is 13.8 Å². The van der Waals surface area contributed by atoms with Gasteiger partial charge in [-0.25, -0.2) is 0 Å². The number of hydrogen-bond donors (Lipinski definition) is 2. The Kier molecular flexibility index (Phi) is 5.65. The highest BCUT2D eigenvalue weighted by Crippen LogP contribution is 2.25. The summed E-state index contributed by atoms with van der Waals surface area (Å²) in [5.74, 6) is 0.727. The fraction of sp³-hybridized carbons (Fsp3) is 0.500. The second-order valence-corrected chi connectivity index (χ2v) is 4.38. The van der Waals surface area contributed by atoms with Crippen molar-refractivity contribution in [2.45, 2.75) is 26.7 Å². The van der Waals surface area contributed by atoms with E-state index in [1.165, 1.54) is 0 Å². The van der Waals surface area contributed by atoms with Crippen molar-refractivity contribution < 1.29 is 14.6 Å². The average molecular weight is 251 g/mol. The molecule has 4 nitrogen and oxygen atoms in total. The smallest absolute Gasteiger partial charge is 0.224 e. The summed E-state index contributed by atoms with van der Waals surface area (Å²) >= 11 is 0. The van der Waals surface area contributed by atoms with Crippen LogP contribution in [0.1, 0.15) is 23.1 Å². The zero-order chi connectivity index (χ0) is 13.5. The average Bonchev–Trinajstić information content (AvgIpc) is 2.28. The molecule has 0 radical (unpaired) electrons. The van der Waals surface area contributed by atoms with Crippen molar-refractivity contribution in [1.82, 2.24) is 5.32 Å². The summed E-state index contributed by atoms with van der Waals surface area (Å²) in [4.78, 5) is 11.7. The molecule has 0 aromatic heterocycles. The van der Waals surface area contributed by atoms with Crippen LogP contribution in [0.4, 0.5) is 0 Å². The molecule has 0 aliphatic heterocycles. The van der Waals surface area contributed by atoms with Gasteiger partial charge in [-0.3, -0.25) is 4.79 Å². The predicted molar refractivity (Wildman–Crippen MR) is 70.9 cm³/mol. The van der Waals surface area contributed by atoms with Gasteiger partial charge in [0.2, 0.25) is 5.91 Å². The van der Waals surface area contributed by atoms with E-state index in [9.17, 15) is 4.79 Å². The molecule has 1 aromatic carbocycles. The Morgan fingerprint density at radius 1 is 1.39 bits per heavy atom. The molecule has 0 fully saturated rings. The first-order valence-corrected chi connectivity index (χ1v) is 6.10. The van der Waals surface area contributed by atoms with Crippen molar-refractivity contribution in [2.24, 2.45) is 0 Å². The molecule has 18 heavy (non-hydrogen) atoms. The van der Waals surface area contributed by atoms with E-state index in [1.54, 1.807) is 7.11 Å². The molecule has 1 rings (SSSR count). The summed E-state index contributed by atoms with van der Waals surface area (Å²) in [6, 6.07) is 4.00. The second-order valence-electron chi connectivity index (χ2n) is 4.38. The van der Waals surface area contributed by atoms with Gasteiger partial charge in [-0.05, 0) is 25.8 Å². The van der Waals surface area contributed by atoms with E-state index < -0.39 is 0 Å². The number of aliphatic hydroxyl groups is 1. The van der Waals surface area contributed by atoms with E-state index in [1.807, 2.05) is 26.0 Å². The van der Waals surface area contributed by atoms with Crippen LogP contribution in [0.2, 0.25) is 0 Å². The third kappa shape index (κ3) is 4.04. The van der Waals surface area contributed by atoms with Gasteiger partial charge in [0.1, 0.15) is 5.75 Å². The highest BCUT2D eigenvalue weighted by Gasteiger charge is 2.11. The van der Waals surface area contributed by atoms with Gasteiger partial charge in [-0.1, -0.05) is 17.7 Å². The molecule has 0 aliphatic carbocycles. The standard InChI is InChI=1S/C14H21NO3/c1-10-7-11(2)14(18-3)12(8-10)9-13(17)15-5-4-6-16/h7-8,16H,4-6,9H2,1-3H3,(H,15,17). The molecule has 1 amide bonds. The first-order chi connectivity index (χ1) is 8.58. The van der Waals surface area contributed by atoms with Crippen molar-refractivity contribution in [1.29, 1.82) is 0 Å². The number of benzene rings is 1. The summed E-state index contributed by atoms with van der Waals surface area (Å²) in [6.45, 7) is 4.56. The van der Waals surface area contributed by atoms with Crippen LogP contribution in [-0.2, 0) is 11.2 Å². The lowest BCUT2D eigenvalue weighted by Gasteiger charge is -2.12. The maximum atomic E-state index is 11.7. The monoisotopic (exact) mass is 251 g/mol. The fourth-order valence-corrected chi connectivity index (χ4v) is 2.01. The molecule has 100 valence electrons. The number of rotatable bonds is 6. The van der Waals surface area contributed by atoms with Crippen LogP contribution in [0.25, 0.3) is 0 Å². The molecule has 0 unspecified atom stereocenters. The van der Waals surface area contributed by atoms with E-state index in [-0.39, 0.29) is 12.5 Å². The Morgan fingerprint density at radius 3 is 2.72 bits per heavy atom. The van der Waals surface area contributed by atoms with Crippen LogP contribution in [-0.4, -0.2) is 31.3 Å². The largest absolute Gasteiger partial charge is 0.496 e. The Morgan fingerprint density at radius 2 is 2.11 bits per heavy atom. The van der Waals surface area contributed by atoms with Gasteiger partial charge >= 0.3 is 0 Å². The number of aryl methyl sites for hydroxylation is 2. The van der Waals surface area contributed by atoms with E-state index in [0.717, 1.165) is 22.4 Å². The molecular formula is C14H21NO3. The van der Waals surface area contributed by atoms with Gasteiger partial charge in [0.15, 0.2) is 0 Å². The normalized spacial score (nSPS) is 10.2. The Balaban J connectivity index is 2.74. The zero-order valence-corrected chi connectivity index (χ0v) is 11.2. The van der Waals surface area contributed by atoms with Gasteiger partial charge < -0.3 is 15.2 Å². The van der Waals surface area contributed by atoms with Gasteiger partial charge in [0, 0.05) is 18.7 Å². The van der Waals surface area contributed by atoms with Crippen LogP contribution in [0.3, 0.4) is 0 Å². The third-order valence-electron chi connectivity index (χ3n) is 2.71. The predicted octanol–water partition coefficient (Wildman–Crippen LogP) is 1.35. The molecule has 1 aromatic rings. The number of carbonyl (C=O) groups is 1. The molecule has 0 spiro atoms. The number of hydrogen-bond acceptors (Lipinski definition) is 3. The lowest BCUT2D eigenvalue weighted by Crippen LogP contribution is -2.26. The molecule has 0 saturated carbocycles. The highest BCUT2D eigenvalue weighted by atomic mass is 16.5. The number of nitrogens with one attached hydrogen (secondary N) is 1. The van der Waals surface area contributed by atoms with E-state index in [4.69, 9.17) is 9.84 Å². The second kappa shape index (κ2) is 7.01. The number of aliphatic hydroxyl groups excluding tert-OH is 1. The summed E-state index contributed by atoms with van der Waals surface area (Å²) in [6.07, 6.45) is 0.882. The zero-order valence-electron chi connectivity index (χ0n) is 11.2. The Bertz CT molecular complexity index is 416. The van der Waals surface area contributed by atoms with Gasteiger partial charge in [0.05, 0.1) is 13.5 Å². The minimum absolute atomic E-state index is 0.0493. The number of methoxy groups -OCH3 is 1. The third-order valence-corrected chi connectivity index (χ3v) is 2.71. The lowest BCUT2D eigenvalue weighted by molar-refractivity contribution is -0.120. The van der Waals surface area contributed by atoms with Crippen molar-refractivity contribution in [3.8, 4) is 5.75 Å². The topological polar surface area (TPSA) is 58.6 Å². The maximum absolute atomic E-state index is 11.7. The Labute approximate surface area is 108 Å². The molecule has 4 heteroatoms. The quantitative estimate of drug-likeness (QED) is 0.750. The molecule has 0 heterocycles. The van der Waals surface area contributed by atoms with Crippen LogP contribution >= 0.6 is 0 Å². The number of carbonyl (C=O) groups excluding carboxylic acids is 1. The molecule has 0 saturated heterocycles. The van der Waals surface area contributed by atoms with Crippen molar-refractivity contribution >= 4 is 5.91 Å². The first-order valence-electron chi connectivity index (χ1n) is 6.10. The van der Waals surface area contributed by atoms with Crippen LogP contribution < -0.4 is 10.1 Å². The molecule has 0 atom stereocenters. The van der Waals surface area contributed by atoms with Gasteiger partial charge in [-0.2, -0.15) is 0 Å². The minimum Gasteiger partial charge on any atom is -0.496 e. The Hall–Kier alpha value is -1.55. The molecule has 0 aliphatic rings. The lowest BCUT2D eigenvalue weighted by atomic mass is 10.0. The summed E-state index contributed by atoms with van der Waals surface area (Å²) in [5.41, 5.74) is 3.05.